The molecule has 0 aliphatic rings. The van der Waals surface area contributed by atoms with E-state index in [-0.39, 0.29) is 26.6 Å². The molecule has 4 N–H and O–H groups in total. The second-order valence-corrected chi connectivity index (χ2v) is 6.51. The summed E-state index contributed by atoms with van der Waals surface area (Å²) in [5.74, 6) is 0. The van der Waals surface area contributed by atoms with Gasteiger partial charge in [-0.25, -0.2) is 10.4 Å². The van der Waals surface area contributed by atoms with E-state index in [0.29, 0.717) is 13.1 Å². The molecule has 0 aromatic heterocycles. The van der Waals surface area contributed by atoms with E-state index in [0.717, 1.165) is 11.4 Å². The Kier molecular flexibility index (Phi) is 5.53. The maximum Gasteiger partial charge on any atom is 0.316 e. The van der Waals surface area contributed by atoms with E-state index >= 15 is 0 Å². The first-order chi connectivity index (χ1) is 11.8. The summed E-state index contributed by atoms with van der Waals surface area (Å²) in [5.41, 5.74) is 1.97. The van der Waals surface area contributed by atoms with Crippen molar-refractivity contribution < 1.29 is 20.3 Å². The number of rotatable bonds is 8. The monoisotopic (exact) mass is 346 g/mol. The maximum atomic E-state index is 10.8. The van der Waals surface area contributed by atoms with Crippen molar-refractivity contribution in [3.8, 4) is 0 Å². The van der Waals surface area contributed by atoms with E-state index in [1.807, 2.05) is 0 Å². The van der Waals surface area contributed by atoms with Gasteiger partial charge in [0.25, 0.3) is 9.85 Å². The predicted octanol–water partition coefficient (Wildman–Crippen LogP) is 3.84. The molecule has 2 aromatic carbocycles. The molecular formula is C17H22N4O4+2. The summed E-state index contributed by atoms with van der Waals surface area (Å²) in [5, 5.41) is 24.2. The molecule has 0 fully saturated rings. The Labute approximate surface area is 145 Å². The second kappa shape index (κ2) is 7.61. The highest BCUT2D eigenvalue weighted by Crippen LogP contribution is 2.21. The Bertz CT molecular complexity index is 679. The van der Waals surface area contributed by atoms with Gasteiger partial charge in [0, 0.05) is 48.7 Å². The van der Waals surface area contributed by atoms with Crippen LogP contribution in [0.15, 0.2) is 48.5 Å². The number of hydrogen-bond donors (Lipinski definition) is 4. The third-order valence-electron chi connectivity index (χ3n) is 3.72. The lowest BCUT2D eigenvalue weighted by atomic mass is 9.93. The minimum atomic E-state index is -0.175. The molecule has 0 saturated carbocycles. The van der Waals surface area contributed by atoms with Crippen molar-refractivity contribution >= 4 is 22.7 Å². The SMILES string of the molecule is CC(C)(CNc1ccc([N+](=O)O)cc1)CNc1ccc([N+](=O)O)cc1. The molecule has 0 unspecified atom stereocenters. The Morgan fingerprint density at radius 1 is 0.760 bits per heavy atom. The Morgan fingerprint density at radius 2 is 1.08 bits per heavy atom. The molecule has 0 aliphatic carbocycles. The number of anilines is 2. The van der Waals surface area contributed by atoms with Gasteiger partial charge in [0.2, 0.25) is 0 Å². The topological polar surface area (TPSA) is 105 Å². The predicted molar refractivity (Wildman–Crippen MR) is 93.8 cm³/mol. The molecule has 8 heteroatoms. The number of nitrogens with one attached hydrogen (secondary N) is 2. The molecule has 0 saturated heterocycles. The van der Waals surface area contributed by atoms with Crippen LogP contribution in [0.25, 0.3) is 0 Å². The lowest BCUT2D eigenvalue weighted by molar-refractivity contribution is -0.729. The van der Waals surface area contributed by atoms with Crippen molar-refractivity contribution in [3.05, 3.63) is 58.3 Å². The zero-order valence-corrected chi connectivity index (χ0v) is 14.1. The summed E-state index contributed by atoms with van der Waals surface area (Å²) < 4.78 is 0. The Balaban J connectivity index is 1.86. The van der Waals surface area contributed by atoms with Crippen LogP contribution in [0.1, 0.15) is 13.8 Å². The average molecular weight is 346 g/mol. The smallest absolute Gasteiger partial charge is 0.316 e. The third kappa shape index (κ3) is 5.45. The standard InChI is InChI=1S/C17H22N4O4/c1-17(2,11-18-13-3-7-15(8-4-13)20(22)23)12-19-14-5-9-16(10-6-14)21(24)25/h3-10,18-19H,11-12H2,1-2H3,(H,22,23)(H,24,25)/q+2. The van der Waals surface area contributed by atoms with Crippen LogP contribution in [0.4, 0.5) is 22.7 Å². The van der Waals surface area contributed by atoms with E-state index in [2.05, 4.69) is 24.5 Å². The molecule has 0 atom stereocenters. The van der Waals surface area contributed by atoms with E-state index in [1.165, 1.54) is 24.3 Å². The van der Waals surface area contributed by atoms with Crippen molar-refractivity contribution in [3.63, 3.8) is 0 Å². The summed E-state index contributed by atoms with van der Waals surface area (Å²) >= 11 is 0. The largest absolute Gasteiger partial charge is 0.384 e. The van der Waals surface area contributed by atoms with Crippen LogP contribution in [0, 0.1) is 15.2 Å². The Hall–Kier alpha value is -3.16. The summed E-state index contributed by atoms with van der Waals surface area (Å²) in [4.78, 5) is 21.2. The maximum absolute atomic E-state index is 10.8. The highest BCUT2D eigenvalue weighted by molar-refractivity contribution is 5.49. The first-order valence-electron chi connectivity index (χ1n) is 7.77. The van der Waals surface area contributed by atoms with Gasteiger partial charge in [-0.1, -0.05) is 13.8 Å². The molecular weight excluding hydrogens is 324 g/mol. The van der Waals surface area contributed by atoms with Crippen LogP contribution in [0.5, 0.6) is 0 Å². The van der Waals surface area contributed by atoms with Gasteiger partial charge in [0.1, 0.15) is 0 Å². The van der Waals surface area contributed by atoms with Gasteiger partial charge in [-0.2, -0.15) is 0 Å². The lowest BCUT2D eigenvalue weighted by Crippen LogP contribution is -2.30. The van der Waals surface area contributed by atoms with Crippen molar-refractivity contribution in [1.29, 1.82) is 0 Å². The van der Waals surface area contributed by atoms with Crippen molar-refractivity contribution in [2.24, 2.45) is 5.41 Å². The highest BCUT2D eigenvalue weighted by atomic mass is 16.6. The zero-order chi connectivity index (χ0) is 18.4. The second-order valence-electron chi connectivity index (χ2n) is 6.51. The molecule has 25 heavy (non-hydrogen) atoms. The van der Waals surface area contributed by atoms with Crippen LogP contribution in [-0.4, -0.2) is 33.4 Å². The van der Waals surface area contributed by atoms with Crippen LogP contribution in [0.3, 0.4) is 0 Å². The molecule has 0 aliphatic heterocycles. The third-order valence-corrected chi connectivity index (χ3v) is 3.72. The quantitative estimate of drug-likeness (QED) is 0.541. The van der Waals surface area contributed by atoms with Gasteiger partial charge in [0.15, 0.2) is 0 Å². The summed E-state index contributed by atoms with van der Waals surface area (Å²) in [6.07, 6.45) is 0. The molecule has 0 heterocycles. The zero-order valence-electron chi connectivity index (χ0n) is 14.1. The molecule has 0 bridgehead atoms. The van der Waals surface area contributed by atoms with E-state index in [9.17, 15) is 9.81 Å². The molecule has 0 spiro atoms. The molecule has 0 radical (unpaired) electrons. The average Bonchev–Trinajstić information content (AvgIpc) is 2.59. The fourth-order valence-electron chi connectivity index (χ4n) is 2.16. The van der Waals surface area contributed by atoms with Crippen LogP contribution >= 0.6 is 0 Å². The van der Waals surface area contributed by atoms with Crippen molar-refractivity contribution in [2.75, 3.05) is 23.7 Å². The summed E-state index contributed by atoms with van der Waals surface area (Å²) in [7, 11) is 0. The minimum Gasteiger partial charge on any atom is -0.384 e. The first kappa shape index (κ1) is 18.2. The highest BCUT2D eigenvalue weighted by Gasteiger charge is 2.18. The van der Waals surface area contributed by atoms with E-state index in [4.69, 9.17) is 10.4 Å². The van der Waals surface area contributed by atoms with Crippen LogP contribution in [0.2, 0.25) is 0 Å². The molecule has 2 aromatic rings. The van der Waals surface area contributed by atoms with Gasteiger partial charge in [-0.15, -0.1) is 0 Å². The molecule has 8 nitrogen and oxygen atoms in total. The minimum absolute atomic E-state index is 0.0829. The summed E-state index contributed by atoms with van der Waals surface area (Å²) in [6.45, 7) is 5.55. The van der Waals surface area contributed by atoms with Gasteiger partial charge in [0.05, 0.1) is 9.81 Å². The normalized spacial score (nSPS) is 11.0. The van der Waals surface area contributed by atoms with Crippen molar-refractivity contribution in [2.45, 2.75) is 13.8 Å². The molecule has 2 rings (SSSR count). The van der Waals surface area contributed by atoms with Gasteiger partial charge in [-0.3, -0.25) is 0 Å². The van der Waals surface area contributed by atoms with E-state index in [1.54, 1.807) is 24.3 Å². The lowest BCUT2D eigenvalue weighted by Gasteiger charge is -2.26. The first-order valence-corrected chi connectivity index (χ1v) is 7.77. The van der Waals surface area contributed by atoms with E-state index < -0.39 is 0 Å². The van der Waals surface area contributed by atoms with Gasteiger partial charge < -0.3 is 10.6 Å². The summed E-state index contributed by atoms with van der Waals surface area (Å²) in [6, 6.07) is 13.0. The van der Waals surface area contributed by atoms with Crippen molar-refractivity contribution in [1.82, 2.24) is 0 Å². The molecule has 0 amide bonds. The number of benzene rings is 2. The number of nitrogens with zero attached hydrogens (tertiary/aromatic N) is 2. The fraction of sp³-hybridized carbons (Fsp3) is 0.294. The van der Waals surface area contributed by atoms with Crippen LogP contribution in [-0.2, 0) is 0 Å². The fourth-order valence-corrected chi connectivity index (χ4v) is 2.16. The van der Waals surface area contributed by atoms with Gasteiger partial charge in [-0.05, 0) is 29.7 Å². The van der Waals surface area contributed by atoms with Crippen LogP contribution < -0.4 is 10.6 Å². The molecule has 132 valence electrons. The van der Waals surface area contributed by atoms with Gasteiger partial charge >= 0.3 is 11.4 Å². The number of hydrogen-bond acceptors (Lipinski definition) is 4. The Morgan fingerprint density at radius 3 is 1.36 bits per heavy atom.